The largest absolute Gasteiger partial charge is 0.384 e. The van der Waals surface area contributed by atoms with Crippen LogP contribution in [-0.2, 0) is 5.60 Å². The highest BCUT2D eigenvalue weighted by molar-refractivity contribution is 6.30. The first-order chi connectivity index (χ1) is 10.3. The number of anilines is 1. The van der Waals surface area contributed by atoms with Crippen LogP contribution in [0.3, 0.4) is 0 Å². The molecule has 0 amide bonds. The summed E-state index contributed by atoms with van der Waals surface area (Å²) >= 11 is 5.97. The minimum absolute atomic E-state index is 0.255. The first kappa shape index (κ1) is 16.3. The number of nitrogens with one attached hydrogen (secondary N) is 1. The van der Waals surface area contributed by atoms with Crippen molar-refractivity contribution in [2.75, 3.05) is 11.9 Å². The van der Waals surface area contributed by atoms with Crippen molar-refractivity contribution in [3.8, 4) is 6.07 Å². The van der Waals surface area contributed by atoms with Crippen LogP contribution in [0.1, 0.15) is 29.4 Å². The highest BCUT2D eigenvalue weighted by Crippen LogP contribution is 2.25. The third-order valence-corrected chi connectivity index (χ3v) is 3.74. The molecule has 1 aromatic heterocycles. The standard InChI is InChI=1S/C17H18ClN3O/c1-11-7-16(15(9-19)12(2)21-11)20-10-17(3,22)13-5-4-6-14(18)8-13/h4-8,22H,10H2,1-3H3,(H,20,21). The average molecular weight is 316 g/mol. The SMILES string of the molecule is Cc1cc(NCC(C)(O)c2cccc(Cl)c2)c(C#N)c(C)n1. The molecule has 5 heteroatoms. The molecule has 0 aliphatic rings. The van der Waals surface area contributed by atoms with Gasteiger partial charge in [0.1, 0.15) is 11.7 Å². The van der Waals surface area contributed by atoms with Crippen molar-refractivity contribution in [2.45, 2.75) is 26.4 Å². The van der Waals surface area contributed by atoms with Gasteiger partial charge in [0.15, 0.2) is 0 Å². The first-order valence-corrected chi connectivity index (χ1v) is 7.32. The van der Waals surface area contributed by atoms with Gasteiger partial charge in [-0.25, -0.2) is 0 Å². The fourth-order valence-electron chi connectivity index (χ4n) is 2.30. The fraction of sp³-hybridized carbons (Fsp3) is 0.294. The number of aromatic nitrogens is 1. The molecule has 0 aliphatic heterocycles. The van der Waals surface area contributed by atoms with Crippen molar-refractivity contribution in [2.24, 2.45) is 0 Å². The molecule has 22 heavy (non-hydrogen) atoms. The molecule has 4 nitrogen and oxygen atoms in total. The molecule has 114 valence electrons. The van der Waals surface area contributed by atoms with Gasteiger partial charge in [-0.05, 0) is 44.5 Å². The molecule has 2 aromatic rings. The second-order valence-corrected chi connectivity index (χ2v) is 5.96. The van der Waals surface area contributed by atoms with Crippen LogP contribution in [0.2, 0.25) is 5.02 Å². The molecule has 1 heterocycles. The lowest BCUT2D eigenvalue weighted by atomic mass is 9.96. The summed E-state index contributed by atoms with van der Waals surface area (Å²) in [6.07, 6.45) is 0. The van der Waals surface area contributed by atoms with E-state index in [4.69, 9.17) is 11.6 Å². The van der Waals surface area contributed by atoms with Crippen molar-refractivity contribution in [3.63, 3.8) is 0 Å². The van der Waals surface area contributed by atoms with Crippen LogP contribution in [0.5, 0.6) is 0 Å². The molecule has 0 bridgehead atoms. The van der Waals surface area contributed by atoms with Crippen LogP contribution in [-0.4, -0.2) is 16.6 Å². The molecule has 1 atom stereocenters. The Balaban J connectivity index is 2.24. The van der Waals surface area contributed by atoms with Crippen LogP contribution in [0.25, 0.3) is 0 Å². The lowest BCUT2D eigenvalue weighted by molar-refractivity contribution is 0.0715. The van der Waals surface area contributed by atoms with Gasteiger partial charge in [-0.3, -0.25) is 4.98 Å². The van der Waals surface area contributed by atoms with Gasteiger partial charge in [0.05, 0.1) is 16.9 Å². The number of nitriles is 1. The molecule has 0 aliphatic carbocycles. The van der Waals surface area contributed by atoms with Crippen LogP contribution < -0.4 is 5.32 Å². The van der Waals surface area contributed by atoms with Gasteiger partial charge >= 0.3 is 0 Å². The van der Waals surface area contributed by atoms with E-state index in [9.17, 15) is 10.4 Å². The van der Waals surface area contributed by atoms with Crippen molar-refractivity contribution in [1.82, 2.24) is 4.98 Å². The molecule has 0 spiro atoms. The number of nitrogens with zero attached hydrogens (tertiary/aromatic N) is 2. The zero-order chi connectivity index (χ0) is 16.3. The lowest BCUT2D eigenvalue weighted by Crippen LogP contribution is -2.31. The first-order valence-electron chi connectivity index (χ1n) is 6.94. The monoisotopic (exact) mass is 315 g/mol. The second-order valence-electron chi connectivity index (χ2n) is 5.52. The fourth-order valence-corrected chi connectivity index (χ4v) is 2.49. The summed E-state index contributed by atoms with van der Waals surface area (Å²) in [5.41, 5.74) is 2.27. The predicted molar refractivity (Wildman–Crippen MR) is 87.9 cm³/mol. The number of hydrogen-bond donors (Lipinski definition) is 2. The highest BCUT2D eigenvalue weighted by atomic mass is 35.5. The highest BCUT2D eigenvalue weighted by Gasteiger charge is 2.23. The third-order valence-electron chi connectivity index (χ3n) is 3.51. The van der Waals surface area contributed by atoms with E-state index < -0.39 is 5.60 Å². The predicted octanol–water partition coefficient (Wildman–Crippen LogP) is 3.54. The van der Waals surface area contributed by atoms with Gasteiger partial charge in [-0.2, -0.15) is 5.26 Å². The van der Waals surface area contributed by atoms with Gasteiger partial charge in [-0.1, -0.05) is 23.7 Å². The summed E-state index contributed by atoms with van der Waals surface area (Å²) in [6.45, 7) is 5.63. The van der Waals surface area contributed by atoms with E-state index in [1.807, 2.05) is 13.0 Å². The van der Waals surface area contributed by atoms with E-state index in [0.717, 1.165) is 5.69 Å². The van der Waals surface area contributed by atoms with Crippen molar-refractivity contribution < 1.29 is 5.11 Å². The Kier molecular flexibility index (Phi) is 4.70. The number of aryl methyl sites for hydroxylation is 2. The van der Waals surface area contributed by atoms with E-state index in [-0.39, 0.29) is 6.54 Å². The topological polar surface area (TPSA) is 68.9 Å². The van der Waals surface area contributed by atoms with Crippen molar-refractivity contribution >= 4 is 17.3 Å². The average Bonchev–Trinajstić information content (AvgIpc) is 2.45. The number of halogens is 1. The van der Waals surface area contributed by atoms with Gasteiger partial charge < -0.3 is 10.4 Å². The van der Waals surface area contributed by atoms with Crippen LogP contribution >= 0.6 is 11.6 Å². The smallest absolute Gasteiger partial charge is 0.104 e. The second kappa shape index (κ2) is 6.35. The molecule has 0 saturated carbocycles. The zero-order valence-electron chi connectivity index (χ0n) is 12.8. The molecule has 0 saturated heterocycles. The van der Waals surface area contributed by atoms with Crippen LogP contribution in [0.15, 0.2) is 30.3 Å². The number of pyridine rings is 1. The number of rotatable bonds is 4. The number of aliphatic hydroxyl groups is 1. The van der Waals surface area contributed by atoms with E-state index in [1.165, 1.54) is 0 Å². The molecular formula is C17H18ClN3O. The molecule has 2 N–H and O–H groups in total. The van der Waals surface area contributed by atoms with Crippen molar-refractivity contribution in [1.29, 1.82) is 5.26 Å². The van der Waals surface area contributed by atoms with Gasteiger partial charge in [0.2, 0.25) is 0 Å². The van der Waals surface area contributed by atoms with Crippen LogP contribution in [0.4, 0.5) is 5.69 Å². The Morgan fingerprint density at radius 3 is 2.73 bits per heavy atom. The maximum atomic E-state index is 10.7. The third kappa shape index (κ3) is 3.56. The van der Waals surface area contributed by atoms with Gasteiger partial charge in [0.25, 0.3) is 0 Å². The van der Waals surface area contributed by atoms with E-state index in [1.54, 1.807) is 38.1 Å². The summed E-state index contributed by atoms with van der Waals surface area (Å²) in [5, 5.41) is 23.6. The quantitative estimate of drug-likeness (QED) is 0.905. The minimum Gasteiger partial charge on any atom is -0.384 e. The molecule has 0 radical (unpaired) electrons. The maximum absolute atomic E-state index is 10.7. The summed E-state index contributed by atoms with van der Waals surface area (Å²) in [5.74, 6) is 0. The summed E-state index contributed by atoms with van der Waals surface area (Å²) < 4.78 is 0. The molecule has 2 rings (SSSR count). The zero-order valence-corrected chi connectivity index (χ0v) is 13.6. The summed E-state index contributed by atoms with van der Waals surface area (Å²) in [4.78, 5) is 4.28. The van der Waals surface area contributed by atoms with E-state index >= 15 is 0 Å². The molecule has 0 fully saturated rings. The Bertz CT molecular complexity index is 735. The summed E-state index contributed by atoms with van der Waals surface area (Å²) in [6, 6.07) is 11.1. The van der Waals surface area contributed by atoms with Gasteiger partial charge in [0, 0.05) is 17.3 Å². The van der Waals surface area contributed by atoms with E-state index in [0.29, 0.717) is 27.5 Å². The normalized spacial score (nSPS) is 13.3. The molecule has 1 aromatic carbocycles. The Labute approximate surface area is 135 Å². The molecular weight excluding hydrogens is 298 g/mol. The van der Waals surface area contributed by atoms with Gasteiger partial charge in [-0.15, -0.1) is 0 Å². The Hall–Kier alpha value is -2.09. The van der Waals surface area contributed by atoms with Crippen molar-refractivity contribution in [3.05, 3.63) is 57.9 Å². The Morgan fingerprint density at radius 1 is 1.36 bits per heavy atom. The van der Waals surface area contributed by atoms with Crippen LogP contribution in [0, 0.1) is 25.2 Å². The molecule has 1 unspecified atom stereocenters. The minimum atomic E-state index is -1.11. The maximum Gasteiger partial charge on any atom is 0.104 e. The number of benzene rings is 1. The lowest BCUT2D eigenvalue weighted by Gasteiger charge is -2.25. The Morgan fingerprint density at radius 2 is 2.09 bits per heavy atom. The van der Waals surface area contributed by atoms with E-state index in [2.05, 4.69) is 16.4 Å². The summed E-state index contributed by atoms with van der Waals surface area (Å²) in [7, 11) is 0. The number of hydrogen-bond acceptors (Lipinski definition) is 4.